The van der Waals surface area contributed by atoms with Gasteiger partial charge in [-0.05, 0) is 83.9 Å². The Morgan fingerprint density at radius 1 is 0.508 bits per heavy atom. The first-order valence-corrected chi connectivity index (χ1v) is 21.8. The number of carbonyl (C=O) groups is 1. The predicted octanol–water partition coefficient (Wildman–Crippen LogP) is 12.6. The average Bonchev–Trinajstić information content (AvgIpc) is 3.99. The number of thiophene rings is 2. The summed E-state index contributed by atoms with van der Waals surface area (Å²) in [4.78, 5) is 36.3. The fourth-order valence-corrected chi connectivity index (χ4v) is 8.69. The van der Waals surface area contributed by atoms with Gasteiger partial charge in [0.05, 0.1) is 22.4 Å². The monoisotopic (exact) mass is 1030 g/mol. The first kappa shape index (κ1) is 42.9. The molecule has 0 fully saturated rings. The summed E-state index contributed by atoms with van der Waals surface area (Å²) in [5, 5.41) is 7.59. The molecule has 312 valence electrons. The molecule has 0 aliphatic carbocycles. The number of fused-ring (bicyclic) bond motifs is 4. The Morgan fingerprint density at radius 3 is 1.63 bits per heavy atom. The third-order valence-electron chi connectivity index (χ3n) is 9.96. The molecule has 0 atom stereocenters. The van der Waals surface area contributed by atoms with Crippen LogP contribution < -0.4 is 5.32 Å². The van der Waals surface area contributed by atoms with Crippen LogP contribution in [0.3, 0.4) is 0 Å². The van der Waals surface area contributed by atoms with Crippen molar-refractivity contribution in [1.29, 1.82) is 0 Å². The second kappa shape index (κ2) is 20.8. The predicted molar refractivity (Wildman–Crippen MR) is 255 cm³/mol. The summed E-state index contributed by atoms with van der Waals surface area (Å²) in [5.74, 6) is 0.0210. The van der Waals surface area contributed by atoms with Gasteiger partial charge in [-0.2, -0.15) is 0 Å². The van der Waals surface area contributed by atoms with E-state index in [-0.39, 0.29) is 26.0 Å². The van der Waals surface area contributed by atoms with E-state index >= 15 is 0 Å². The zero-order chi connectivity index (χ0) is 41.9. The molecular weight excluding hydrogens is 993 g/mol. The fraction of sp³-hybridized carbons (Fsp3) is 0.0566. The maximum atomic E-state index is 11.9. The molecule has 1 amide bonds. The summed E-state index contributed by atoms with van der Waals surface area (Å²) < 4.78 is 2.51. The number of nitrogens with zero attached hydrogens (tertiary/aromatic N) is 5. The van der Waals surface area contributed by atoms with Crippen LogP contribution in [0.4, 0.5) is 0 Å². The molecule has 0 saturated carbocycles. The van der Waals surface area contributed by atoms with E-state index in [2.05, 4.69) is 105 Å². The Bertz CT molecular complexity index is 3010. The van der Waals surface area contributed by atoms with Crippen molar-refractivity contribution >= 4 is 70.6 Å². The normalized spacial score (nSPS) is 10.7. The largest absolute Gasteiger partial charge is 3.00 e. The molecule has 10 heteroatoms. The Hall–Kier alpha value is -6.81. The van der Waals surface area contributed by atoms with Gasteiger partial charge in [-0.1, -0.05) is 103 Å². The van der Waals surface area contributed by atoms with Gasteiger partial charge in [0.2, 0.25) is 5.91 Å². The first-order chi connectivity index (χ1) is 30.6. The van der Waals surface area contributed by atoms with E-state index in [1.54, 1.807) is 47.5 Å². The summed E-state index contributed by atoms with van der Waals surface area (Å²) >= 11 is 3.48. The van der Waals surface area contributed by atoms with E-state index in [0.717, 1.165) is 65.5 Å². The molecule has 0 radical (unpaired) electrons. The average molecular weight is 1030 g/mol. The number of rotatable bonds is 8. The minimum Gasteiger partial charge on any atom is -3.00 e. The van der Waals surface area contributed by atoms with Crippen LogP contribution in [0.15, 0.2) is 189 Å². The second-order valence-electron chi connectivity index (χ2n) is 14.3. The molecule has 11 rings (SSSR count). The third kappa shape index (κ3) is 11.0. The van der Waals surface area contributed by atoms with Crippen molar-refractivity contribution in [3.63, 3.8) is 0 Å². The zero-order valence-corrected chi connectivity index (χ0v) is 37.8. The summed E-state index contributed by atoms with van der Waals surface area (Å²) in [6.07, 6.45) is 8.17. The van der Waals surface area contributed by atoms with Crippen LogP contribution in [0, 0.1) is 12.1 Å². The van der Waals surface area contributed by atoms with Crippen molar-refractivity contribution in [2.75, 3.05) is 0 Å². The molecule has 0 saturated heterocycles. The smallest absolute Gasteiger partial charge is 0.220 e. The van der Waals surface area contributed by atoms with Crippen LogP contribution >= 0.6 is 22.7 Å². The number of nitrogens with one attached hydrogen (secondary N) is 1. The molecule has 7 aromatic heterocycles. The number of para-hydroxylation sites is 2. The van der Waals surface area contributed by atoms with Crippen molar-refractivity contribution in [1.82, 2.24) is 30.2 Å². The summed E-state index contributed by atoms with van der Waals surface area (Å²) in [6.45, 7) is 0.474. The van der Waals surface area contributed by atoms with Crippen molar-refractivity contribution in [2.45, 2.75) is 19.4 Å². The molecule has 7 nitrogen and oxygen atoms in total. The van der Waals surface area contributed by atoms with E-state index in [1.807, 2.05) is 91.0 Å². The maximum Gasteiger partial charge on any atom is 0.220 e. The molecule has 0 spiro atoms. The molecule has 0 unspecified atom stereocenters. The van der Waals surface area contributed by atoms with Gasteiger partial charge < -0.3 is 25.4 Å². The van der Waals surface area contributed by atoms with Gasteiger partial charge in [0, 0.05) is 49.1 Å². The Balaban J connectivity index is 0.000000130. The van der Waals surface area contributed by atoms with Crippen LogP contribution in [0.2, 0.25) is 0 Å². The van der Waals surface area contributed by atoms with Crippen LogP contribution in [0.5, 0.6) is 0 Å². The van der Waals surface area contributed by atoms with Crippen molar-refractivity contribution < 1.29 is 24.9 Å². The van der Waals surface area contributed by atoms with E-state index in [9.17, 15) is 4.79 Å². The summed E-state index contributed by atoms with van der Waals surface area (Å²) in [5.41, 5.74) is 7.75. The first-order valence-electron chi connectivity index (χ1n) is 20.2. The number of aryl methyl sites for hydroxylation is 1. The number of amides is 1. The van der Waals surface area contributed by atoms with E-state index in [1.165, 1.54) is 20.2 Å². The molecule has 11 aromatic rings. The van der Waals surface area contributed by atoms with Gasteiger partial charge in [-0.15, -0.1) is 47.2 Å². The van der Waals surface area contributed by atoms with E-state index in [4.69, 9.17) is 9.97 Å². The van der Waals surface area contributed by atoms with Gasteiger partial charge >= 0.3 is 0 Å². The molecule has 63 heavy (non-hydrogen) atoms. The molecular formula is C53H38IrN6OS2-5. The molecule has 0 aliphatic heterocycles. The summed E-state index contributed by atoms with van der Waals surface area (Å²) in [7, 11) is 0. The van der Waals surface area contributed by atoms with Crippen LogP contribution in [0.1, 0.15) is 17.5 Å². The number of hydrogen-bond donors (Lipinski definition) is 1. The number of hydrogen-bond acceptors (Lipinski definition) is 8. The van der Waals surface area contributed by atoms with Crippen molar-refractivity contribution in [3.8, 4) is 32.5 Å². The minimum atomic E-state index is 0. The molecule has 4 aromatic carbocycles. The Labute approximate surface area is 387 Å². The molecule has 1 N–H and O–H groups in total. The van der Waals surface area contributed by atoms with Crippen molar-refractivity contribution in [2.24, 2.45) is 0 Å². The van der Waals surface area contributed by atoms with Crippen LogP contribution in [0.25, 0.3) is 74.5 Å². The van der Waals surface area contributed by atoms with Crippen LogP contribution in [-0.2, 0) is 37.9 Å². The quantitative estimate of drug-likeness (QED) is 0.152. The van der Waals surface area contributed by atoms with Gasteiger partial charge in [0.1, 0.15) is 0 Å². The zero-order valence-electron chi connectivity index (χ0n) is 33.8. The van der Waals surface area contributed by atoms with Gasteiger partial charge in [0.15, 0.2) is 0 Å². The Kier molecular flexibility index (Phi) is 14.2. The molecule has 0 bridgehead atoms. The minimum absolute atomic E-state index is 0. The molecule has 7 heterocycles. The number of aromatic nitrogens is 5. The molecule has 0 aliphatic rings. The maximum absolute atomic E-state index is 11.9. The van der Waals surface area contributed by atoms with Gasteiger partial charge in [-0.3, -0.25) is 29.7 Å². The SMILES string of the molecule is O=C(CCc1cccnc1)NCc1ccc(-c2ccccn2)nc1.[Ir-3].[c-]1c(-c2ccc3ccccc3n2)sc2ccccc12.[c-]1c(-c2ccc3ccccc3n2)sc2ccccc12. The standard InChI is InChI=1S/C19H18N4O.2C17H10NS.Ir/c24-19(9-7-15-4-3-10-20-12-15)23-14-16-6-8-18(22-13-16)17-5-1-2-11-21-17;2*1-3-7-14-12(5-1)9-10-15(18-14)17-11-13-6-2-4-8-16(13)19-17;/h1-6,8,10-13H,7,9,14H2,(H,23,24);2*1-10H;/q;2*-1;-3. The number of pyridine rings is 5. The number of benzene rings is 4. The van der Waals surface area contributed by atoms with Crippen LogP contribution in [-0.4, -0.2) is 30.8 Å². The fourth-order valence-electron chi connectivity index (χ4n) is 6.74. The van der Waals surface area contributed by atoms with E-state index in [0.29, 0.717) is 19.4 Å². The van der Waals surface area contributed by atoms with Gasteiger partial charge in [0.25, 0.3) is 0 Å². The Morgan fingerprint density at radius 2 is 1.08 bits per heavy atom. The summed E-state index contributed by atoms with van der Waals surface area (Å²) in [6, 6.07) is 61.7. The second-order valence-corrected chi connectivity index (χ2v) is 16.4. The number of carbonyl (C=O) groups excluding carboxylic acids is 1. The van der Waals surface area contributed by atoms with Crippen molar-refractivity contribution in [3.05, 3.63) is 212 Å². The van der Waals surface area contributed by atoms with Gasteiger partial charge in [-0.25, -0.2) is 22.7 Å². The topological polar surface area (TPSA) is 93.6 Å². The third-order valence-corrected chi connectivity index (χ3v) is 12.1. The van der Waals surface area contributed by atoms with E-state index < -0.39 is 0 Å².